The highest BCUT2D eigenvalue weighted by molar-refractivity contribution is 7.92. The number of amides is 1. The molecule has 1 fully saturated rings. The van der Waals surface area contributed by atoms with E-state index in [9.17, 15) is 13.2 Å². The molecule has 2 aromatic heterocycles. The molecule has 182 valence electrons. The summed E-state index contributed by atoms with van der Waals surface area (Å²) in [7, 11) is -1.86. The number of sulfonamides is 1. The van der Waals surface area contributed by atoms with Crippen molar-refractivity contribution >= 4 is 33.1 Å². The van der Waals surface area contributed by atoms with Gasteiger partial charge in [-0.1, -0.05) is 11.6 Å². The molecule has 1 aliphatic rings. The number of anilines is 2. The predicted octanol–water partition coefficient (Wildman–Crippen LogP) is 2.09. The van der Waals surface area contributed by atoms with Gasteiger partial charge in [-0.25, -0.2) is 17.9 Å². The Balaban J connectivity index is 1.63. The zero-order valence-corrected chi connectivity index (χ0v) is 20.9. The van der Waals surface area contributed by atoms with E-state index in [2.05, 4.69) is 14.7 Å². The summed E-state index contributed by atoms with van der Waals surface area (Å²) in [6.45, 7) is 7.39. The van der Waals surface area contributed by atoms with E-state index in [4.69, 9.17) is 10.7 Å². The van der Waals surface area contributed by atoms with Crippen LogP contribution in [-0.4, -0.2) is 66.3 Å². The lowest BCUT2D eigenvalue weighted by atomic mass is 10.1. The normalized spacial score (nSPS) is 17.2. The number of nitrogens with two attached hydrogens (primary N) is 1. The number of fused-ring (bicyclic) bond motifs is 1. The highest BCUT2D eigenvalue weighted by atomic mass is 32.2. The minimum atomic E-state index is -3.54. The summed E-state index contributed by atoms with van der Waals surface area (Å²) in [5, 5.41) is 4.66. The van der Waals surface area contributed by atoms with Crippen LogP contribution in [-0.2, 0) is 10.0 Å². The third kappa shape index (κ3) is 4.85. The number of nitrogens with one attached hydrogen (secondary N) is 1. The van der Waals surface area contributed by atoms with E-state index in [0.29, 0.717) is 11.3 Å². The Labute approximate surface area is 199 Å². The van der Waals surface area contributed by atoms with E-state index in [0.717, 1.165) is 42.7 Å². The third-order valence-corrected chi connectivity index (χ3v) is 6.77. The van der Waals surface area contributed by atoms with Gasteiger partial charge in [-0.05, 0) is 39.3 Å². The van der Waals surface area contributed by atoms with Crippen LogP contribution in [0.5, 0.6) is 0 Å². The van der Waals surface area contributed by atoms with E-state index in [1.54, 1.807) is 34.7 Å². The van der Waals surface area contributed by atoms with E-state index in [1.165, 1.54) is 0 Å². The molecule has 0 spiro atoms. The third-order valence-electron chi connectivity index (χ3n) is 6.18. The molecule has 3 heterocycles. The average Bonchev–Trinajstić information content (AvgIpc) is 3.37. The summed E-state index contributed by atoms with van der Waals surface area (Å²) in [6, 6.07) is 6.70. The monoisotopic (exact) mass is 485 g/mol. The Morgan fingerprint density at radius 2 is 2.03 bits per heavy atom. The summed E-state index contributed by atoms with van der Waals surface area (Å²) < 4.78 is 27.7. The van der Waals surface area contributed by atoms with Crippen molar-refractivity contribution in [3.8, 4) is 0 Å². The number of benzene rings is 1. The summed E-state index contributed by atoms with van der Waals surface area (Å²) in [4.78, 5) is 21.9. The van der Waals surface area contributed by atoms with Gasteiger partial charge in [-0.2, -0.15) is 5.10 Å². The molecule has 0 bridgehead atoms. The second-order valence-corrected chi connectivity index (χ2v) is 10.9. The minimum absolute atomic E-state index is 0.154. The first kappa shape index (κ1) is 24.0. The molecule has 1 saturated heterocycles. The van der Waals surface area contributed by atoms with Crippen molar-refractivity contribution in [1.29, 1.82) is 0 Å². The number of carbonyl (C=O) groups is 1. The van der Waals surface area contributed by atoms with Crippen molar-refractivity contribution in [2.75, 3.05) is 36.0 Å². The maximum absolute atomic E-state index is 13.4. The van der Waals surface area contributed by atoms with Gasteiger partial charge in [0.1, 0.15) is 5.82 Å². The molecular formula is C23H31N7O3S. The first-order valence-corrected chi connectivity index (χ1v) is 13.0. The molecule has 11 heteroatoms. The van der Waals surface area contributed by atoms with E-state index in [1.807, 2.05) is 33.0 Å². The lowest BCUT2D eigenvalue weighted by molar-refractivity contribution is 0.0740. The van der Waals surface area contributed by atoms with Crippen LogP contribution >= 0.6 is 0 Å². The zero-order chi connectivity index (χ0) is 24.8. The fourth-order valence-corrected chi connectivity index (χ4v) is 4.79. The lowest BCUT2D eigenvalue weighted by Gasteiger charge is -2.25. The summed E-state index contributed by atoms with van der Waals surface area (Å²) >= 11 is 0. The van der Waals surface area contributed by atoms with Crippen LogP contribution in [0.1, 0.15) is 46.6 Å². The Morgan fingerprint density at radius 1 is 1.29 bits per heavy atom. The van der Waals surface area contributed by atoms with Crippen molar-refractivity contribution in [3.63, 3.8) is 0 Å². The van der Waals surface area contributed by atoms with Crippen LogP contribution < -0.4 is 15.4 Å². The highest BCUT2D eigenvalue weighted by Gasteiger charge is 2.26. The number of hydrogen-bond acceptors (Lipinski definition) is 7. The Morgan fingerprint density at radius 3 is 2.68 bits per heavy atom. The Kier molecular flexibility index (Phi) is 6.26. The van der Waals surface area contributed by atoms with Gasteiger partial charge in [-0.3, -0.25) is 9.52 Å². The Bertz CT molecular complexity index is 1350. The van der Waals surface area contributed by atoms with Crippen molar-refractivity contribution in [2.24, 2.45) is 5.73 Å². The second kappa shape index (κ2) is 8.88. The molecule has 10 nitrogen and oxygen atoms in total. The molecule has 1 aromatic carbocycles. The molecule has 2 atom stereocenters. The predicted molar refractivity (Wildman–Crippen MR) is 133 cm³/mol. The van der Waals surface area contributed by atoms with Crippen molar-refractivity contribution in [1.82, 2.24) is 19.5 Å². The molecule has 1 aliphatic heterocycles. The first-order chi connectivity index (χ1) is 15.9. The number of nitrogens with zero attached hydrogens (tertiary/aromatic N) is 5. The molecule has 4 rings (SSSR count). The van der Waals surface area contributed by atoms with Gasteiger partial charge in [-0.15, -0.1) is 0 Å². The SMILES string of the molecule is Cc1ccc(NS(C)(=O)=O)c(C(=O)N(C)[C@@H](C)c2cc3nc(N4CC[C@H](N)C4)c(C)cn3n2)c1. The van der Waals surface area contributed by atoms with Crippen LogP contribution in [0.15, 0.2) is 30.5 Å². The average molecular weight is 486 g/mol. The standard InChI is InChI=1S/C23H31N7O3S/c1-14-6-7-19(27-34(5,32)33)18(10-14)23(31)28(4)16(3)20-11-21-25-22(15(2)12-30(21)26-20)29-9-8-17(24)13-29/h6-7,10-12,16-17,27H,8-9,13,24H2,1-5H3/t16-,17-/m0/s1. The van der Waals surface area contributed by atoms with Crippen molar-refractivity contribution in [2.45, 2.75) is 39.3 Å². The molecule has 3 N–H and O–H groups in total. The van der Waals surface area contributed by atoms with Crippen LogP contribution in [0.3, 0.4) is 0 Å². The topological polar surface area (TPSA) is 126 Å². The lowest BCUT2D eigenvalue weighted by Crippen LogP contribution is -2.31. The van der Waals surface area contributed by atoms with Gasteiger partial charge in [0.25, 0.3) is 5.91 Å². The van der Waals surface area contributed by atoms with Crippen LogP contribution in [0.25, 0.3) is 5.65 Å². The van der Waals surface area contributed by atoms with Crippen LogP contribution in [0.4, 0.5) is 11.5 Å². The summed E-state index contributed by atoms with van der Waals surface area (Å²) in [6.07, 6.45) is 3.94. The number of aromatic nitrogens is 3. The van der Waals surface area contributed by atoms with Gasteiger partial charge in [0.05, 0.1) is 29.2 Å². The maximum Gasteiger partial charge on any atom is 0.256 e. The first-order valence-electron chi connectivity index (χ1n) is 11.2. The van der Waals surface area contributed by atoms with Gasteiger partial charge in [0.15, 0.2) is 5.65 Å². The molecule has 1 amide bonds. The maximum atomic E-state index is 13.4. The van der Waals surface area contributed by atoms with Crippen molar-refractivity contribution in [3.05, 3.63) is 52.8 Å². The second-order valence-electron chi connectivity index (χ2n) is 9.13. The molecular weight excluding hydrogens is 454 g/mol. The Hall–Kier alpha value is -3.18. The molecule has 0 aliphatic carbocycles. The largest absolute Gasteiger partial charge is 0.355 e. The molecule has 3 aromatic rings. The summed E-state index contributed by atoms with van der Waals surface area (Å²) in [5.74, 6) is 0.593. The zero-order valence-electron chi connectivity index (χ0n) is 20.1. The van der Waals surface area contributed by atoms with Crippen LogP contribution in [0, 0.1) is 13.8 Å². The number of carbonyl (C=O) groups excluding carboxylic acids is 1. The van der Waals surface area contributed by atoms with Crippen LogP contribution in [0.2, 0.25) is 0 Å². The quantitative estimate of drug-likeness (QED) is 0.547. The van der Waals surface area contributed by atoms with Gasteiger partial charge < -0.3 is 15.5 Å². The van der Waals surface area contributed by atoms with Gasteiger partial charge in [0.2, 0.25) is 10.0 Å². The number of hydrogen-bond donors (Lipinski definition) is 2. The minimum Gasteiger partial charge on any atom is -0.355 e. The van der Waals surface area contributed by atoms with E-state index in [-0.39, 0.29) is 29.2 Å². The smallest absolute Gasteiger partial charge is 0.256 e. The molecule has 0 saturated carbocycles. The fourth-order valence-electron chi connectivity index (χ4n) is 4.21. The van der Waals surface area contributed by atoms with E-state index >= 15 is 0 Å². The van der Waals surface area contributed by atoms with E-state index < -0.39 is 10.0 Å². The fraction of sp³-hybridized carbons (Fsp3) is 0.435. The summed E-state index contributed by atoms with van der Waals surface area (Å²) in [5.41, 5.74) is 9.83. The number of rotatable bonds is 6. The number of aryl methyl sites for hydroxylation is 2. The molecule has 0 radical (unpaired) electrons. The molecule has 0 unspecified atom stereocenters. The van der Waals surface area contributed by atoms with Gasteiger partial charge >= 0.3 is 0 Å². The molecule has 34 heavy (non-hydrogen) atoms. The van der Waals surface area contributed by atoms with Gasteiger partial charge in [0, 0.05) is 44.0 Å². The highest BCUT2D eigenvalue weighted by Crippen LogP contribution is 2.27. The van der Waals surface area contributed by atoms with Crippen molar-refractivity contribution < 1.29 is 13.2 Å².